The zero-order valence-corrected chi connectivity index (χ0v) is 14.0. The van der Waals surface area contributed by atoms with Gasteiger partial charge in [-0.3, -0.25) is 0 Å². The first-order valence-corrected chi connectivity index (χ1v) is 9.13. The van der Waals surface area contributed by atoms with E-state index in [0.717, 1.165) is 6.54 Å². The molecule has 20 heavy (non-hydrogen) atoms. The van der Waals surface area contributed by atoms with Gasteiger partial charge in [0.05, 0.1) is 0 Å². The molecule has 0 aliphatic carbocycles. The summed E-state index contributed by atoms with van der Waals surface area (Å²) >= 11 is 0.533. The minimum atomic E-state index is 0.533. The average Bonchev–Trinajstić information content (AvgIpc) is 2.50. The number of rotatable bonds is 7. The molecule has 2 heteroatoms. The topological polar surface area (TPSA) is 12.0 Å². The van der Waals surface area contributed by atoms with Crippen LogP contribution in [0.1, 0.15) is 25.8 Å². The van der Waals surface area contributed by atoms with Crippen molar-refractivity contribution in [3.63, 3.8) is 0 Å². The van der Waals surface area contributed by atoms with E-state index in [-0.39, 0.29) is 0 Å². The summed E-state index contributed by atoms with van der Waals surface area (Å²) in [5.41, 5.74) is 1.37. The van der Waals surface area contributed by atoms with Crippen molar-refractivity contribution in [2.24, 2.45) is 0 Å². The van der Waals surface area contributed by atoms with Crippen LogP contribution < -0.4 is 9.78 Å². The van der Waals surface area contributed by atoms with Crippen molar-refractivity contribution in [1.82, 2.24) is 5.32 Å². The van der Waals surface area contributed by atoms with Crippen LogP contribution in [-0.2, 0) is 6.54 Å². The summed E-state index contributed by atoms with van der Waals surface area (Å²) in [6.07, 6.45) is 1.18. The van der Waals surface area contributed by atoms with E-state index >= 15 is 0 Å². The zero-order chi connectivity index (χ0) is 14.2. The number of nitrogens with one attached hydrogen (secondary N) is 1. The Balaban J connectivity index is 1.87. The second-order valence-electron chi connectivity index (χ2n) is 5.02. The van der Waals surface area contributed by atoms with Crippen molar-refractivity contribution in [3.8, 4) is 0 Å². The van der Waals surface area contributed by atoms with Crippen molar-refractivity contribution < 1.29 is 0 Å². The molecular formula is C18H23NSe. The summed E-state index contributed by atoms with van der Waals surface area (Å²) in [4.78, 5) is 0.707. The summed E-state index contributed by atoms with van der Waals surface area (Å²) in [7, 11) is 0. The van der Waals surface area contributed by atoms with Gasteiger partial charge in [-0.1, -0.05) is 0 Å². The van der Waals surface area contributed by atoms with Gasteiger partial charge in [-0.2, -0.15) is 0 Å². The van der Waals surface area contributed by atoms with Crippen LogP contribution in [0, 0.1) is 0 Å². The van der Waals surface area contributed by atoms with E-state index in [1.807, 2.05) is 0 Å². The molecule has 0 aliphatic heterocycles. The number of hydrogen-bond donors (Lipinski definition) is 1. The predicted octanol–water partition coefficient (Wildman–Crippen LogP) is 3.39. The van der Waals surface area contributed by atoms with E-state index in [1.54, 1.807) is 0 Å². The first kappa shape index (κ1) is 15.3. The molecule has 2 aromatic carbocycles. The van der Waals surface area contributed by atoms with Gasteiger partial charge in [-0.05, 0) is 0 Å². The Bertz CT molecular complexity index is 483. The molecule has 0 aromatic heterocycles. The maximum absolute atomic E-state index is 3.72. The first-order valence-electron chi connectivity index (χ1n) is 7.28. The fraction of sp³-hybridized carbons (Fsp3) is 0.333. The molecule has 2 rings (SSSR count). The molecule has 2 aromatic rings. The van der Waals surface area contributed by atoms with Crippen molar-refractivity contribution in [2.45, 2.75) is 37.7 Å². The van der Waals surface area contributed by atoms with Gasteiger partial charge in [0.15, 0.2) is 0 Å². The van der Waals surface area contributed by atoms with E-state index in [4.69, 9.17) is 0 Å². The van der Waals surface area contributed by atoms with Crippen LogP contribution in [-0.4, -0.2) is 21.0 Å². The van der Waals surface area contributed by atoms with E-state index in [2.05, 4.69) is 79.8 Å². The second-order valence-corrected chi connectivity index (χ2v) is 8.06. The third-order valence-electron chi connectivity index (χ3n) is 3.48. The Labute approximate surface area is 129 Å². The first-order chi connectivity index (χ1) is 9.79. The van der Waals surface area contributed by atoms with E-state index < -0.39 is 0 Å². The fourth-order valence-electron chi connectivity index (χ4n) is 2.28. The zero-order valence-electron chi connectivity index (χ0n) is 12.3. The molecule has 0 amide bonds. The molecule has 1 N–H and O–H groups in total. The van der Waals surface area contributed by atoms with Crippen LogP contribution in [0.4, 0.5) is 0 Å². The van der Waals surface area contributed by atoms with Crippen molar-refractivity contribution >= 4 is 19.4 Å². The Kier molecular flexibility index (Phi) is 6.32. The summed E-state index contributed by atoms with van der Waals surface area (Å²) in [6.45, 7) is 5.62. The molecule has 0 radical (unpaired) electrons. The molecule has 0 saturated carbocycles. The van der Waals surface area contributed by atoms with Crippen LogP contribution in [0.3, 0.4) is 0 Å². The number of benzene rings is 2. The normalized spacial score (nSPS) is 13.9. The Morgan fingerprint density at radius 2 is 1.55 bits per heavy atom. The van der Waals surface area contributed by atoms with Crippen molar-refractivity contribution in [1.29, 1.82) is 0 Å². The van der Waals surface area contributed by atoms with Gasteiger partial charge in [0.2, 0.25) is 0 Å². The third kappa shape index (κ3) is 4.79. The Hall–Kier alpha value is -1.08. The fourth-order valence-corrected chi connectivity index (χ4v) is 4.79. The summed E-state index contributed by atoms with van der Waals surface area (Å²) in [5.74, 6) is 0. The monoisotopic (exact) mass is 333 g/mol. The molecule has 106 valence electrons. The molecule has 0 spiro atoms. The van der Waals surface area contributed by atoms with Gasteiger partial charge >= 0.3 is 129 Å². The van der Waals surface area contributed by atoms with Crippen LogP contribution >= 0.6 is 0 Å². The maximum atomic E-state index is 3.72. The minimum absolute atomic E-state index is 0.533. The van der Waals surface area contributed by atoms with Crippen molar-refractivity contribution in [3.05, 3.63) is 66.2 Å². The average molecular weight is 332 g/mol. The second kappa shape index (κ2) is 8.26. The Morgan fingerprint density at radius 3 is 2.15 bits per heavy atom. The molecule has 0 fully saturated rings. The summed E-state index contributed by atoms with van der Waals surface area (Å²) in [6, 6.07) is 22.1. The van der Waals surface area contributed by atoms with Crippen LogP contribution in [0.5, 0.6) is 0 Å². The molecule has 1 nitrogen and oxygen atoms in total. The summed E-state index contributed by atoms with van der Waals surface area (Å²) in [5, 5.41) is 3.72. The molecule has 0 bridgehead atoms. The van der Waals surface area contributed by atoms with Crippen LogP contribution in [0.15, 0.2) is 60.7 Å². The third-order valence-corrected chi connectivity index (χ3v) is 6.09. The quantitative estimate of drug-likeness (QED) is 0.767. The van der Waals surface area contributed by atoms with Gasteiger partial charge in [-0.25, -0.2) is 0 Å². The molecule has 0 heterocycles. The SMILES string of the molecule is CC[C@H](NCc1ccccc1)[C@H](C)[Se]c1ccccc1. The number of hydrogen-bond acceptors (Lipinski definition) is 1. The van der Waals surface area contributed by atoms with Crippen molar-refractivity contribution in [2.75, 3.05) is 0 Å². The molecule has 2 atom stereocenters. The Morgan fingerprint density at radius 1 is 0.950 bits per heavy atom. The molecule has 0 aliphatic rings. The van der Waals surface area contributed by atoms with Gasteiger partial charge in [-0.15, -0.1) is 0 Å². The van der Waals surface area contributed by atoms with Crippen LogP contribution in [0.25, 0.3) is 0 Å². The predicted molar refractivity (Wildman–Crippen MR) is 88.6 cm³/mol. The van der Waals surface area contributed by atoms with Gasteiger partial charge < -0.3 is 0 Å². The summed E-state index contributed by atoms with van der Waals surface area (Å²) < 4.78 is 1.49. The van der Waals surface area contributed by atoms with Gasteiger partial charge in [0.1, 0.15) is 0 Å². The van der Waals surface area contributed by atoms with Gasteiger partial charge in [0.25, 0.3) is 0 Å². The van der Waals surface area contributed by atoms with E-state index in [9.17, 15) is 0 Å². The van der Waals surface area contributed by atoms with E-state index in [0.29, 0.717) is 25.8 Å². The standard InChI is InChI=1S/C18H23NSe/c1-3-18(19-14-16-10-6-4-7-11-16)15(2)20-17-12-8-5-9-13-17/h4-13,15,18-19H,3,14H2,1-2H3/t15-,18-/m0/s1. The molecule has 0 unspecified atom stereocenters. The molecular weight excluding hydrogens is 309 g/mol. The van der Waals surface area contributed by atoms with Crippen LogP contribution in [0.2, 0.25) is 4.82 Å². The van der Waals surface area contributed by atoms with E-state index in [1.165, 1.54) is 16.4 Å². The van der Waals surface area contributed by atoms with Gasteiger partial charge in [0, 0.05) is 0 Å². The molecule has 0 saturated heterocycles.